The fourth-order valence-electron chi connectivity index (χ4n) is 7.14. The number of nitrogens with zero attached hydrogens (tertiary/aromatic N) is 5. The topological polar surface area (TPSA) is 103 Å². The van der Waals surface area contributed by atoms with Gasteiger partial charge in [-0.05, 0) is 79.6 Å². The van der Waals surface area contributed by atoms with Gasteiger partial charge in [0, 0.05) is 98.0 Å². The lowest BCUT2D eigenvalue weighted by Gasteiger charge is -2.34. The van der Waals surface area contributed by atoms with Crippen LogP contribution in [-0.4, -0.2) is 69.9 Å². The molecule has 0 radical (unpaired) electrons. The first-order valence-electron chi connectivity index (χ1n) is 17.7. The van der Waals surface area contributed by atoms with Crippen LogP contribution in [0.1, 0.15) is 57.5 Å². The molecule has 2 aliphatic rings. The maximum absolute atomic E-state index is 13.3. The molecule has 5 heterocycles. The van der Waals surface area contributed by atoms with Gasteiger partial charge < -0.3 is 15.5 Å². The Bertz CT molecular complexity index is 1960. The Hall–Kier alpha value is -5.12. The van der Waals surface area contributed by atoms with Gasteiger partial charge in [-0.15, -0.1) is 0 Å². The Kier molecular flexibility index (Phi) is 10.7. The lowest BCUT2D eigenvalue weighted by molar-refractivity contribution is 0.0906. The molecule has 51 heavy (non-hydrogen) atoms. The second-order valence-corrected chi connectivity index (χ2v) is 13.8. The van der Waals surface area contributed by atoms with Crippen LogP contribution in [0.3, 0.4) is 0 Å². The highest BCUT2D eigenvalue weighted by Gasteiger charge is 2.25. The molecule has 260 valence electrons. The number of piperidine rings is 2. The van der Waals surface area contributed by atoms with Gasteiger partial charge in [0.1, 0.15) is 5.82 Å². The van der Waals surface area contributed by atoms with Gasteiger partial charge in [0.05, 0.1) is 10.6 Å². The van der Waals surface area contributed by atoms with Crippen LogP contribution in [0.15, 0.2) is 104 Å². The van der Waals surface area contributed by atoms with E-state index in [1.54, 1.807) is 24.7 Å². The van der Waals surface area contributed by atoms with Crippen LogP contribution in [0, 0.1) is 6.92 Å². The molecular formula is C41H42ClN7O2. The highest BCUT2D eigenvalue weighted by Crippen LogP contribution is 2.31. The van der Waals surface area contributed by atoms with Gasteiger partial charge in [-0.25, -0.2) is 4.98 Å². The average Bonchev–Trinajstić information content (AvgIpc) is 3.17. The van der Waals surface area contributed by atoms with Gasteiger partial charge >= 0.3 is 0 Å². The quantitative estimate of drug-likeness (QED) is 0.172. The number of carbonyl (C=O) groups is 2. The summed E-state index contributed by atoms with van der Waals surface area (Å²) in [6.45, 7) is 6.28. The first-order chi connectivity index (χ1) is 24.9. The van der Waals surface area contributed by atoms with Gasteiger partial charge in [-0.2, -0.15) is 0 Å². The van der Waals surface area contributed by atoms with E-state index < -0.39 is 0 Å². The first-order valence-corrected chi connectivity index (χ1v) is 18.0. The van der Waals surface area contributed by atoms with Crippen LogP contribution in [0.25, 0.3) is 22.3 Å². The van der Waals surface area contributed by atoms with Gasteiger partial charge in [0.2, 0.25) is 0 Å². The van der Waals surface area contributed by atoms with Crippen LogP contribution >= 0.6 is 11.6 Å². The summed E-state index contributed by atoms with van der Waals surface area (Å²) < 4.78 is 0. The number of anilines is 1. The summed E-state index contributed by atoms with van der Waals surface area (Å²) in [6, 6.07) is 23.6. The first kappa shape index (κ1) is 34.3. The molecule has 5 aromatic rings. The zero-order valence-corrected chi connectivity index (χ0v) is 29.5. The van der Waals surface area contributed by atoms with Gasteiger partial charge in [0.25, 0.3) is 11.8 Å². The maximum atomic E-state index is 13.3. The van der Waals surface area contributed by atoms with E-state index in [2.05, 4.69) is 42.5 Å². The number of amides is 2. The number of benzene rings is 2. The molecule has 2 aliphatic heterocycles. The molecule has 7 rings (SSSR count). The molecule has 0 saturated carbocycles. The number of carbonyl (C=O) groups excluding carboxylic acids is 2. The van der Waals surface area contributed by atoms with E-state index in [1.807, 2.05) is 73.9 Å². The number of aromatic nitrogens is 3. The minimum Gasteiger partial charge on any atom is -0.356 e. The summed E-state index contributed by atoms with van der Waals surface area (Å²) in [5.74, 6) is 0.801. The van der Waals surface area contributed by atoms with E-state index in [1.165, 1.54) is 5.56 Å². The molecule has 0 atom stereocenters. The summed E-state index contributed by atoms with van der Waals surface area (Å²) in [6.07, 6.45) is 12.5. The summed E-state index contributed by atoms with van der Waals surface area (Å²) in [7, 11) is 0. The van der Waals surface area contributed by atoms with Crippen molar-refractivity contribution < 1.29 is 9.59 Å². The zero-order valence-electron chi connectivity index (χ0n) is 28.8. The Balaban J connectivity index is 0.859. The normalized spacial score (nSPS) is 15.8. The Labute approximate surface area is 304 Å². The monoisotopic (exact) mass is 699 g/mol. The molecule has 10 heteroatoms. The van der Waals surface area contributed by atoms with Crippen LogP contribution in [0.4, 0.5) is 5.82 Å². The van der Waals surface area contributed by atoms with E-state index in [-0.39, 0.29) is 23.9 Å². The van der Waals surface area contributed by atoms with Gasteiger partial charge in [-0.1, -0.05) is 54.1 Å². The van der Waals surface area contributed by atoms with Gasteiger partial charge in [-0.3, -0.25) is 24.5 Å². The third-order valence-corrected chi connectivity index (χ3v) is 10.5. The summed E-state index contributed by atoms with van der Waals surface area (Å²) in [4.78, 5) is 44.4. The van der Waals surface area contributed by atoms with E-state index >= 15 is 0 Å². The minimum absolute atomic E-state index is 0.0263. The number of rotatable bonds is 9. The van der Waals surface area contributed by atoms with E-state index in [9.17, 15) is 9.59 Å². The van der Waals surface area contributed by atoms with Crippen molar-refractivity contribution in [2.75, 3.05) is 31.1 Å². The molecule has 0 aliphatic carbocycles. The van der Waals surface area contributed by atoms with Crippen molar-refractivity contribution >= 4 is 29.2 Å². The molecule has 3 aromatic heterocycles. The van der Waals surface area contributed by atoms with Crippen molar-refractivity contribution in [2.24, 2.45) is 0 Å². The molecule has 2 amide bonds. The van der Waals surface area contributed by atoms with E-state index in [0.29, 0.717) is 16.1 Å². The molecule has 9 nitrogen and oxygen atoms in total. The Morgan fingerprint density at radius 2 is 1.29 bits per heavy atom. The molecule has 2 saturated heterocycles. The predicted molar refractivity (Wildman–Crippen MR) is 202 cm³/mol. The summed E-state index contributed by atoms with van der Waals surface area (Å²) >= 11 is 6.68. The fraction of sp³-hybridized carbons (Fsp3) is 0.293. The Morgan fingerprint density at radius 1 is 0.706 bits per heavy atom. The maximum Gasteiger partial charge on any atom is 0.253 e. The van der Waals surface area contributed by atoms with Crippen LogP contribution in [0.2, 0.25) is 5.02 Å². The standard InChI is InChI=1S/C41H42ClN7O2/c1-28-34(30-6-4-18-43-25-30)8-2-9-35(28)40(50)46-33-16-22-49(23-17-33)38-13-12-29(24-45-38)27-48-20-14-32(15-21-48)47-41(51)37-11-3-10-36(39(37)42)31-7-5-19-44-26-31/h2-13,18-19,24-26,32-33H,14-17,20-23,27H2,1H3,(H,46,50)(H,47,51). The molecule has 2 fully saturated rings. The second kappa shape index (κ2) is 15.8. The molecule has 2 aromatic carbocycles. The van der Waals surface area contributed by atoms with Crippen molar-refractivity contribution in [3.05, 3.63) is 131 Å². The Morgan fingerprint density at radius 3 is 1.90 bits per heavy atom. The lowest BCUT2D eigenvalue weighted by Crippen LogP contribution is -2.45. The molecular weight excluding hydrogens is 658 g/mol. The molecule has 2 N–H and O–H groups in total. The van der Waals surface area contributed by atoms with Crippen molar-refractivity contribution in [1.29, 1.82) is 0 Å². The summed E-state index contributed by atoms with van der Waals surface area (Å²) in [5.41, 5.74) is 7.05. The molecule has 0 spiro atoms. The fourth-order valence-corrected chi connectivity index (χ4v) is 7.46. The van der Waals surface area contributed by atoms with E-state index in [0.717, 1.165) is 92.0 Å². The van der Waals surface area contributed by atoms with Crippen LogP contribution in [-0.2, 0) is 6.54 Å². The molecule has 0 bridgehead atoms. The minimum atomic E-state index is -0.142. The number of hydrogen-bond acceptors (Lipinski definition) is 7. The van der Waals surface area contributed by atoms with E-state index in [4.69, 9.17) is 16.6 Å². The average molecular weight is 700 g/mol. The zero-order chi connectivity index (χ0) is 35.2. The smallest absolute Gasteiger partial charge is 0.253 e. The highest BCUT2D eigenvalue weighted by molar-refractivity contribution is 6.36. The SMILES string of the molecule is Cc1c(C(=O)NC2CCN(c3ccc(CN4CCC(NC(=O)c5cccc(-c6cccnc6)c5Cl)CC4)cn3)CC2)cccc1-c1cccnc1. The number of pyridine rings is 3. The van der Waals surface area contributed by atoms with Gasteiger partial charge in [0.15, 0.2) is 0 Å². The number of hydrogen-bond donors (Lipinski definition) is 2. The lowest BCUT2D eigenvalue weighted by atomic mass is 9.96. The summed E-state index contributed by atoms with van der Waals surface area (Å²) in [5, 5.41) is 6.93. The largest absolute Gasteiger partial charge is 0.356 e. The second-order valence-electron chi connectivity index (χ2n) is 13.4. The highest BCUT2D eigenvalue weighted by atomic mass is 35.5. The number of halogens is 1. The third-order valence-electron chi connectivity index (χ3n) is 10.1. The van der Waals surface area contributed by atoms with Crippen molar-refractivity contribution in [1.82, 2.24) is 30.5 Å². The van der Waals surface area contributed by atoms with Crippen LogP contribution in [0.5, 0.6) is 0 Å². The van der Waals surface area contributed by atoms with Crippen molar-refractivity contribution in [2.45, 2.75) is 51.2 Å². The molecule has 0 unspecified atom stereocenters. The van der Waals surface area contributed by atoms with Crippen LogP contribution < -0.4 is 15.5 Å². The number of likely N-dealkylation sites (tertiary alicyclic amines) is 1. The number of nitrogens with one attached hydrogen (secondary N) is 2. The van der Waals surface area contributed by atoms with Crippen molar-refractivity contribution in [3.8, 4) is 22.3 Å². The third kappa shape index (κ3) is 8.11. The predicted octanol–water partition coefficient (Wildman–Crippen LogP) is 6.96. The van der Waals surface area contributed by atoms with Crippen molar-refractivity contribution in [3.63, 3.8) is 0 Å².